The van der Waals surface area contributed by atoms with E-state index in [1.165, 1.54) is 29.8 Å². The molecule has 0 aromatic heterocycles. The Morgan fingerprint density at radius 3 is 2.14 bits per heavy atom. The summed E-state index contributed by atoms with van der Waals surface area (Å²) in [5.74, 6) is 0.0277. The minimum Gasteiger partial charge on any atom is -0.391 e. The predicted molar refractivity (Wildman–Crippen MR) is 109 cm³/mol. The second-order valence-electron chi connectivity index (χ2n) is 8.37. The van der Waals surface area contributed by atoms with E-state index in [9.17, 15) is 13.9 Å². The van der Waals surface area contributed by atoms with Crippen LogP contribution in [0.3, 0.4) is 0 Å². The van der Waals surface area contributed by atoms with Crippen molar-refractivity contribution in [3.63, 3.8) is 0 Å². The number of aliphatic hydroxyl groups is 1. The Balaban J connectivity index is 1.29. The van der Waals surface area contributed by atoms with Crippen LogP contribution in [-0.4, -0.2) is 41.3 Å². The number of rotatable bonds is 5. The third-order valence-electron chi connectivity index (χ3n) is 6.47. The number of benzene rings is 2. The van der Waals surface area contributed by atoms with E-state index in [0.29, 0.717) is 12.5 Å². The number of halogens is 2. The number of aliphatic hydroxyl groups excluding tert-OH is 1. The van der Waals surface area contributed by atoms with Crippen molar-refractivity contribution in [3.05, 3.63) is 71.3 Å². The van der Waals surface area contributed by atoms with Crippen LogP contribution in [0.2, 0.25) is 0 Å². The summed E-state index contributed by atoms with van der Waals surface area (Å²) in [6.45, 7) is 2.35. The zero-order valence-corrected chi connectivity index (χ0v) is 16.6. The summed E-state index contributed by atoms with van der Waals surface area (Å²) < 4.78 is 32.3. The molecule has 0 amide bonds. The molecule has 1 saturated carbocycles. The number of hydrogen-bond donors (Lipinski definition) is 1. The van der Waals surface area contributed by atoms with Gasteiger partial charge in [-0.1, -0.05) is 24.3 Å². The first-order chi connectivity index (χ1) is 14.1. The molecule has 29 heavy (non-hydrogen) atoms. The Bertz CT molecular complexity index is 772. The van der Waals surface area contributed by atoms with Gasteiger partial charge in [-0.15, -0.1) is 0 Å². The van der Waals surface area contributed by atoms with Crippen LogP contribution in [0.4, 0.5) is 8.78 Å². The highest BCUT2D eigenvalue weighted by molar-refractivity contribution is 5.21. The third kappa shape index (κ3) is 5.21. The summed E-state index contributed by atoms with van der Waals surface area (Å²) in [5, 5.41) is 10.6. The Kier molecular flexibility index (Phi) is 6.58. The third-order valence-corrected chi connectivity index (χ3v) is 6.47. The van der Waals surface area contributed by atoms with E-state index >= 15 is 0 Å². The van der Waals surface area contributed by atoms with Crippen LogP contribution in [0.15, 0.2) is 48.5 Å². The van der Waals surface area contributed by atoms with Crippen molar-refractivity contribution in [2.24, 2.45) is 0 Å². The van der Waals surface area contributed by atoms with E-state index in [4.69, 9.17) is 4.74 Å². The highest BCUT2D eigenvalue weighted by Gasteiger charge is 2.35. The monoisotopic (exact) mass is 401 g/mol. The smallest absolute Gasteiger partial charge is 0.123 e. The summed E-state index contributed by atoms with van der Waals surface area (Å²) in [4.78, 5) is 2.40. The van der Waals surface area contributed by atoms with Gasteiger partial charge in [0, 0.05) is 6.04 Å². The van der Waals surface area contributed by atoms with E-state index in [1.54, 1.807) is 12.1 Å². The summed E-state index contributed by atoms with van der Waals surface area (Å²) in [6, 6.07) is 13.4. The molecule has 2 aromatic rings. The van der Waals surface area contributed by atoms with Crippen molar-refractivity contribution in [1.82, 2.24) is 4.90 Å². The summed E-state index contributed by atoms with van der Waals surface area (Å²) >= 11 is 0. The van der Waals surface area contributed by atoms with Crippen LogP contribution in [0.25, 0.3) is 0 Å². The Morgan fingerprint density at radius 1 is 0.862 bits per heavy atom. The fourth-order valence-electron chi connectivity index (χ4n) is 4.73. The molecule has 1 aliphatic heterocycles. The molecule has 5 heteroatoms. The summed E-state index contributed by atoms with van der Waals surface area (Å²) in [6.07, 6.45) is 4.27. The zero-order valence-electron chi connectivity index (χ0n) is 16.6. The lowest BCUT2D eigenvalue weighted by molar-refractivity contribution is -0.0629. The minimum atomic E-state index is -0.317. The van der Waals surface area contributed by atoms with Crippen molar-refractivity contribution >= 4 is 0 Å². The molecule has 3 nitrogen and oxygen atoms in total. The number of piperidine rings is 1. The number of ether oxygens (including phenoxy) is 1. The van der Waals surface area contributed by atoms with E-state index in [-0.39, 0.29) is 29.9 Å². The number of likely N-dealkylation sites (tertiary alicyclic amines) is 1. The van der Waals surface area contributed by atoms with Gasteiger partial charge in [0.2, 0.25) is 0 Å². The van der Waals surface area contributed by atoms with Crippen molar-refractivity contribution in [2.75, 3.05) is 13.1 Å². The van der Waals surface area contributed by atoms with Crippen LogP contribution < -0.4 is 0 Å². The van der Waals surface area contributed by atoms with Crippen LogP contribution in [-0.2, 0) is 11.3 Å². The molecular weight excluding hydrogens is 372 g/mol. The Labute approximate surface area is 171 Å². The number of nitrogens with zero attached hydrogens (tertiary/aromatic N) is 1. The fourth-order valence-corrected chi connectivity index (χ4v) is 4.73. The first-order valence-electron chi connectivity index (χ1n) is 10.6. The maximum atomic E-state index is 13.2. The Morgan fingerprint density at radius 2 is 1.48 bits per heavy atom. The maximum absolute atomic E-state index is 13.2. The summed E-state index contributed by atoms with van der Waals surface area (Å²) in [5.41, 5.74) is 2.17. The predicted octanol–water partition coefficient (Wildman–Crippen LogP) is 4.64. The first kappa shape index (κ1) is 20.5. The van der Waals surface area contributed by atoms with Crippen LogP contribution in [0.1, 0.15) is 49.1 Å². The van der Waals surface area contributed by atoms with Gasteiger partial charge in [-0.3, -0.25) is 4.90 Å². The zero-order chi connectivity index (χ0) is 20.2. The molecule has 0 unspecified atom stereocenters. The lowest BCUT2D eigenvalue weighted by atomic mass is 9.85. The van der Waals surface area contributed by atoms with Crippen molar-refractivity contribution in [1.29, 1.82) is 0 Å². The van der Waals surface area contributed by atoms with E-state index in [2.05, 4.69) is 4.90 Å². The molecule has 1 heterocycles. The van der Waals surface area contributed by atoms with E-state index in [0.717, 1.165) is 50.8 Å². The standard InChI is InChI=1S/C24H29F2NO2/c25-20-5-1-17(2-6-20)16-29-22-9-10-24(28)23(15-22)27-13-11-19(12-14-27)18-3-7-21(26)8-4-18/h1-8,19,22-24,28H,9-16H2/t22-,23+,24-/m0/s1. The van der Waals surface area contributed by atoms with Crippen LogP contribution >= 0.6 is 0 Å². The van der Waals surface area contributed by atoms with E-state index < -0.39 is 0 Å². The second kappa shape index (κ2) is 9.33. The molecule has 1 aliphatic carbocycles. The molecule has 3 atom stereocenters. The van der Waals surface area contributed by atoms with Crippen LogP contribution in [0.5, 0.6) is 0 Å². The Hall–Kier alpha value is -1.82. The second-order valence-corrected chi connectivity index (χ2v) is 8.37. The number of hydrogen-bond acceptors (Lipinski definition) is 3. The molecule has 2 aromatic carbocycles. The van der Waals surface area contributed by atoms with Gasteiger partial charge in [0.1, 0.15) is 11.6 Å². The molecule has 2 fully saturated rings. The largest absolute Gasteiger partial charge is 0.391 e. The molecule has 0 bridgehead atoms. The van der Waals surface area contributed by atoms with Crippen molar-refractivity contribution < 1.29 is 18.6 Å². The van der Waals surface area contributed by atoms with Gasteiger partial charge in [-0.05, 0) is 86.5 Å². The summed E-state index contributed by atoms with van der Waals surface area (Å²) in [7, 11) is 0. The van der Waals surface area contributed by atoms with Crippen molar-refractivity contribution in [3.8, 4) is 0 Å². The molecule has 4 rings (SSSR count). The molecule has 1 saturated heterocycles. The fraction of sp³-hybridized carbons (Fsp3) is 0.500. The lowest BCUT2D eigenvalue weighted by Crippen LogP contribution is -2.51. The molecule has 0 radical (unpaired) electrons. The van der Waals surface area contributed by atoms with Gasteiger partial charge in [0.15, 0.2) is 0 Å². The van der Waals surface area contributed by atoms with Gasteiger partial charge < -0.3 is 9.84 Å². The van der Waals surface area contributed by atoms with E-state index in [1.807, 2.05) is 12.1 Å². The van der Waals surface area contributed by atoms with Crippen molar-refractivity contribution in [2.45, 2.75) is 62.9 Å². The van der Waals surface area contributed by atoms with Gasteiger partial charge in [0.05, 0.1) is 18.8 Å². The quantitative estimate of drug-likeness (QED) is 0.792. The van der Waals surface area contributed by atoms with Crippen LogP contribution in [0, 0.1) is 11.6 Å². The average Bonchev–Trinajstić information content (AvgIpc) is 2.75. The molecule has 0 spiro atoms. The molecule has 2 aliphatic rings. The topological polar surface area (TPSA) is 32.7 Å². The lowest BCUT2D eigenvalue weighted by Gasteiger charge is -2.43. The maximum Gasteiger partial charge on any atom is 0.123 e. The highest BCUT2D eigenvalue weighted by Crippen LogP contribution is 2.33. The highest BCUT2D eigenvalue weighted by atomic mass is 19.1. The normalized spacial score (nSPS) is 26.5. The van der Waals surface area contributed by atoms with Gasteiger partial charge >= 0.3 is 0 Å². The average molecular weight is 401 g/mol. The minimum absolute atomic E-state index is 0.114. The molecule has 1 N–H and O–H groups in total. The van der Waals surface area contributed by atoms with Gasteiger partial charge in [0.25, 0.3) is 0 Å². The van der Waals surface area contributed by atoms with Gasteiger partial charge in [-0.2, -0.15) is 0 Å². The first-order valence-corrected chi connectivity index (χ1v) is 10.6. The van der Waals surface area contributed by atoms with Gasteiger partial charge in [-0.25, -0.2) is 8.78 Å². The molecule has 156 valence electrons. The molecular formula is C24H29F2NO2. The SMILES string of the molecule is O[C@H]1CC[C@H](OCc2ccc(F)cc2)C[C@H]1N1CCC(c2ccc(F)cc2)CC1.